The topological polar surface area (TPSA) is 101 Å². The molecule has 5 fully saturated rings. The van der Waals surface area contributed by atoms with Crippen LogP contribution in [0.15, 0.2) is 36.4 Å². The minimum Gasteiger partial charge on any atom is -0.497 e. The molecule has 3 aliphatic carbocycles. The van der Waals surface area contributed by atoms with Crippen LogP contribution in [-0.4, -0.2) is 78.7 Å². The summed E-state index contributed by atoms with van der Waals surface area (Å²) >= 11 is 0. The van der Waals surface area contributed by atoms with Gasteiger partial charge in [-0.1, -0.05) is 32.3 Å². The van der Waals surface area contributed by atoms with E-state index in [1.54, 1.807) is 13.2 Å². The molecule has 4 heterocycles. The molecule has 274 valence electrons. The summed E-state index contributed by atoms with van der Waals surface area (Å²) in [4.78, 5) is 33.6. The molecular weight excluding hydrogens is 673 g/mol. The molecule has 1 aromatic heterocycles. The molecule has 6 aliphatic rings. The molecule has 52 heavy (non-hydrogen) atoms. The monoisotopic (exact) mass is 722 g/mol. The zero-order valence-corrected chi connectivity index (χ0v) is 31.5. The number of rotatable bonds is 7. The Morgan fingerprint density at radius 3 is 2.42 bits per heavy atom. The van der Waals surface area contributed by atoms with Crippen molar-refractivity contribution in [2.24, 2.45) is 5.41 Å². The lowest BCUT2D eigenvalue weighted by atomic mass is 9.81. The number of nitrogens with one attached hydrogen (secondary N) is 1. The van der Waals surface area contributed by atoms with Crippen LogP contribution < -0.4 is 9.46 Å². The Kier molecular flexibility index (Phi) is 8.09. The van der Waals surface area contributed by atoms with E-state index in [1.165, 1.54) is 30.4 Å². The molecule has 0 radical (unpaired) electrons. The van der Waals surface area contributed by atoms with Crippen molar-refractivity contribution in [1.29, 1.82) is 0 Å². The fraction of sp³-hybridized carbons (Fsp3) is 0.571. The smallest absolute Gasteiger partial charge is 0.264 e. The van der Waals surface area contributed by atoms with Crippen LogP contribution in [0.25, 0.3) is 22.2 Å². The number of fused-ring (bicyclic) bond motifs is 9. The predicted molar refractivity (Wildman–Crippen MR) is 202 cm³/mol. The number of piperazine rings is 1. The molecule has 3 aromatic rings. The van der Waals surface area contributed by atoms with Gasteiger partial charge in [-0.3, -0.25) is 9.59 Å². The summed E-state index contributed by atoms with van der Waals surface area (Å²) in [5.74, 6) is 6.85. The first kappa shape index (κ1) is 34.0. The van der Waals surface area contributed by atoms with Crippen molar-refractivity contribution in [3.63, 3.8) is 0 Å². The van der Waals surface area contributed by atoms with Gasteiger partial charge in [-0.25, -0.2) is 13.1 Å². The summed E-state index contributed by atoms with van der Waals surface area (Å²) in [5.41, 5.74) is 5.39. The number of aromatic nitrogens is 1. The normalized spacial score (nSPS) is 27.4. The van der Waals surface area contributed by atoms with E-state index in [1.807, 2.05) is 25.1 Å². The second kappa shape index (κ2) is 12.4. The number of sulfonamides is 1. The van der Waals surface area contributed by atoms with Gasteiger partial charge < -0.3 is 19.1 Å². The Balaban J connectivity index is 1.18. The predicted octanol–water partition coefficient (Wildman–Crippen LogP) is 6.55. The third kappa shape index (κ3) is 5.24. The summed E-state index contributed by atoms with van der Waals surface area (Å²) in [7, 11) is -0.0678. The molecule has 0 spiro atoms. The number of hydrogen-bond acceptors (Lipinski definition) is 6. The van der Waals surface area contributed by atoms with Crippen LogP contribution in [0.2, 0.25) is 0 Å². The largest absolute Gasteiger partial charge is 0.497 e. The van der Waals surface area contributed by atoms with E-state index in [2.05, 4.69) is 50.1 Å². The number of nitrogens with zero attached hydrogens (tertiary/aromatic N) is 3. The fourth-order valence-corrected chi connectivity index (χ4v) is 11.9. The van der Waals surface area contributed by atoms with Crippen LogP contribution in [0.5, 0.6) is 5.75 Å². The number of methoxy groups -OCH3 is 1. The first-order valence-corrected chi connectivity index (χ1v) is 21.0. The molecule has 2 bridgehead atoms. The lowest BCUT2D eigenvalue weighted by Crippen LogP contribution is -2.57. The van der Waals surface area contributed by atoms with Crippen molar-refractivity contribution in [3.8, 4) is 28.8 Å². The second-order valence-corrected chi connectivity index (χ2v) is 18.7. The van der Waals surface area contributed by atoms with Crippen LogP contribution in [0.3, 0.4) is 0 Å². The summed E-state index contributed by atoms with van der Waals surface area (Å²) in [5, 5.41) is 1.10. The van der Waals surface area contributed by atoms with Gasteiger partial charge in [0.1, 0.15) is 10.5 Å². The Hall–Kier alpha value is -3.81. The first-order chi connectivity index (χ1) is 25.1. The summed E-state index contributed by atoms with van der Waals surface area (Å²) in [6, 6.07) is 12.5. The van der Waals surface area contributed by atoms with Crippen molar-refractivity contribution in [2.75, 3.05) is 27.2 Å². The number of carbonyl (C=O) groups is 2. The van der Waals surface area contributed by atoms with Gasteiger partial charge in [0.05, 0.1) is 18.2 Å². The highest BCUT2D eigenvalue weighted by molar-refractivity contribution is 7.91. The van der Waals surface area contributed by atoms with Crippen LogP contribution in [0, 0.1) is 17.3 Å². The van der Waals surface area contributed by atoms with Crippen LogP contribution in [-0.2, 0) is 21.4 Å². The lowest BCUT2D eigenvalue weighted by Gasteiger charge is -2.41. The molecule has 3 aliphatic heterocycles. The maximum atomic E-state index is 15.1. The number of benzene rings is 2. The number of likely N-dealkylation sites (tertiary alicyclic amines) is 1. The Morgan fingerprint density at radius 1 is 0.981 bits per heavy atom. The van der Waals surface area contributed by atoms with E-state index in [0.717, 1.165) is 73.1 Å². The molecule has 4 atom stereocenters. The van der Waals surface area contributed by atoms with Crippen molar-refractivity contribution >= 4 is 32.7 Å². The van der Waals surface area contributed by atoms with Gasteiger partial charge in [0.15, 0.2) is 0 Å². The third-order valence-electron chi connectivity index (χ3n) is 13.4. The molecule has 2 aromatic carbocycles. The first-order valence-electron chi connectivity index (χ1n) is 19.5. The molecule has 1 N–H and O–H groups in total. The van der Waals surface area contributed by atoms with Gasteiger partial charge >= 0.3 is 0 Å². The molecule has 9 nitrogen and oxygen atoms in total. The highest BCUT2D eigenvalue weighted by Gasteiger charge is 2.65. The molecule has 2 saturated heterocycles. The molecular formula is C42H50N4O5S. The number of ether oxygens (including phenoxy) is 1. The zero-order valence-electron chi connectivity index (χ0n) is 30.7. The van der Waals surface area contributed by atoms with E-state index in [9.17, 15) is 13.2 Å². The molecule has 4 unspecified atom stereocenters. The highest BCUT2D eigenvalue weighted by Crippen LogP contribution is 2.66. The average Bonchev–Trinajstić information content (AvgIpc) is 4.04. The van der Waals surface area contributed by atoms with Crippen LogP contribution >= 0.6 is 0 Å². The number of hydrogen-bond donors (Lipinski definition) is 1. The minimum absolute atomic E-state index is 0.0699. The molecule has 9 rings (SSSR count). The zero-order chi connectivity index (χ0) is 36.0. The van der Waals surface area contributed by atoms with E-state index in [4.69, 9.17) is 4.74 Å². The molecule has 10 heteroatoms. The third-order valence-corrected chi connectivity index (χ3v) is 15.6. The maximum Gasteiger partial charge on any atom is 0.264 e. The number of likely N-dealkylation sites (N-methyl/N-ethyl adjacent to an activating group) is 1. The fourth-order valence-electron chi connectivity index (χ4n) is 10.4. The van der Waals surface area contributed by atoms with E-state index < -0.39 is 26.1 Å². The van der Waals surface area contributed by atoms with Crippen LogP contribution in [0.1, 0.15) is 117 Å². The quantitative estimate of drug-likeness (QED) is 0.278. The molecule has 3 saturated carbocycles. The van der Waals surface area contributed by atoms with Gasteiger partial charge in [0, 0.05) is 72.5 Å². The lowest BCUT2D eigenvalue weighted by molar-refractivity contribution is -0.143. The van der Waals surface area contributed by atoms with Crippen molar-refractivity contribution in [2.45, 2.75) is 119 Å². The maximum absolute atomic E-state index is 15.1. The van der Waals surface area contributed by atoms with E-state index in [-0.39, 0.29) is 30.3 Å². The van der Waals surface area contributed by atoms with E-state index >= 15 is 4.79 Å². The molecule has 2 amide bonds. The average molecular weight is 723 g/mol. The van der Waals surface area contributed by atoms with E-state index in [0.29, 0.717) is 37.3 Å². The Bertz CT molecular complexity index is 2140. The summed E-state index contributed by atoms with van der Waals surface area (Å²) < 4.78 is 36.7. The van der Waals surface area contributed by atoms with Crippen molar-refractivity contribution < 1.29 is 22.7 Å². The van der Waals surface area contributed by atoms with Gasteiger partial charge in [-0.05, 0) is 99.4 Å². The standard InChI is InChI=1S/C42H50N4O5S/c1-4-5-9-18-41(19-20-41)52(49,50)43-39(47)28-12-16-33-36(21-28)45-26-42(40(48)46-29-13-14-30(46)25-44(2)24-29)23-35(42)34-22-31(51-3)15-17-32(34)38(45)37(33)27-10-7-6-8-11-27/h12,15-17,21-22,27,29-30,35H,4,6-8,10-11,13-14,18-20,23-26H2,1-3H3,(H,43,47). The number of amides is 2. The van der Waals surface area contributed by atoms with Crippen molar-refractivity contribution in [1.82, 2.24) is 19.1 Å². The van der Waals surface area contributed by atoms with Crippen molar-refractivity contribution in [3.05, 3.63) is 53.1 Å². The van der Waals surface area contributed by atoms with Crippen LogP contribution in [0.4, 0.5) is 0 Å². The van der Waals surface area contributed by atoms with Gasteiger partial charge in [0.2, 0.25) is 15.9 Å². The summed E-state index contributed by atoms with van der Waals surface area (Å²) in [6.07, 6.45) is 10.5. The van der Waals surface area contributed by atoms with Gasteiger partial charge in [0.25, 0.3) is 5.91 Å². The Morgan fingerprint density at radius 2 is 1.73 bits per heavy atom. The SMILES string of the molecule is CCC#CCC1(S(=O)(=O)NC(=O)c2ccc3c(C4CCCCC4)c4n(c3c2)CC2(C(=O)N3C5CCC3CN(C)C5)CC2c2cc(OC)ccc2-4)CC1. The summed E-state index contributed by atoms with van der Waals surface area (Å²) in [6.45, 7) is 4.28. The Labute approximate surface area is 307 Å². The number of carbonyl (C=O) groups excluding carboxylic acids is 2. The highest BCUT2D eigenvalue weighted by atomic mass is 32.2. The van der Waals surface area contributed by atoms with Gasteiger partial charge in [-0.15, -0.1) is 11.8 Å². The minimum atomic E-state index is -3.93. The second-order valence-electron chi connectivity index (χ2n) is 16.6. The van der Waals surface area contributed by atoms with Gasteiger partial charge in [-0.2, -0.15) is 0 Å².